The highest BCUT2D eigenvalue weighted by atomic mass is 16.5. The van der Waals surface area contributed by atoms with Crippen molar-refractivity contribution in [2.24, 2.45) is 0 Å². The molecule has 0 aliphatic rings. The predicted octanol–water partition coefficient (Wildman–Crippen LogP) is 3.35. The number of benzene rings is 2. The average Bonchev–Trinajstić information content (AvgIpc) is 2.49. The summed E-state index contributed by atoms with van der Waals surface area (Å²) < 4.78 is 5.59. The number of hydrogen-bond acceptors (Lipinski definition) is 2. The minimum atomic E-state index is 0.0289. The van der Waals surface area contributed by atoms with E-state index in [2.05, 4.69) is 23.5 Å². The first kappa shape index (κ1) is 16.1. The molecule has 0 bridgehead atoms. The topological polar surface area (TPSA) is 38.3 Å². The van der Waals surface area contributed by atoms with Gasteiger partial charge in [0.05, 0.1) is 13.0 Å². The van der Waals surface area contributed by atoms with Crippen molar-refractivity contribution < 1.29 is 9.53 Å². The fourth-order valence-electron chi connectivity index (χ4n) is 2.22. The van der Waals surface area contributed by atoms with Crippen LogP contribution < -0.4 is 10.1 Å². The molecule has 2 aromatic carbocycles. The summed E-state index contributed by atoms with van der Waals surface area (Å²) in [4.78, 5) is 12.0. The SMILES string of the molecule is Cc1ccc(OCCNC(=O)Cc2cc(C)ccc2C)cc1. The molecule has 0 atom stereocenters. The van der Waals surface area contributed by atoms with Gasteiger partial charge in [0, 0.05) is 0 Å². The Balaban J connectivity index is 1.74. The number of rotatable bonds is 6. The summed E-state index contributed by atoms with van der Waals surface area (Å²) in [6.07, 6.45) is 0.415. The zero-order chi connectivity index (χ0) is 15.9. The van der Waals surface area contributed by atoms with Gasteiger partial charge in [-0.1, -0.05) is 41.5 Å². The molecule has 0 radical (unpaired) electrons. The standard InChI is InChI=1S/C19H23NO2/c1-14-5-8-18(9-6-14)22-11-10-20-19(21)13-17-12-15(2)4-7-16(17)3/h4-9,12H,10-11,13H2,1-3H3,(H,20,21). The molecule has 0 unspecified atom stereocenters. The average molecular weight is 297 g/mol. The maximum atomic E-state index is 12.0. The monoisotopic (exact) mass is 297 g/mol. The Bertz CT molecular complexity index is 632. The fraction of sp³-hybridized carbons (Fsp3) is 0.316. The third kappa shape index (κ3) is 4.92. The molecule has 1 N–H and O–H groups in total. The maximum Gasteiger partial charge on any atom is 0.224 e. The van der Waals surface area contributed by atoms with Gasteiger partial charge in [-0.2, -0.15) is 0 Å². The van der Waals surface area contributed by atoms with Crippen LogP contribution in [0, 0.1) is 20.8 Å². The van der Waals surface area contributed by atoms with Gasteiger partial charge in [0.25, 0.3) is 0 Å². The van der Waals surface area contributed by atoms with Crippen LogP contribution in [0.4, 0.5) is 0 Å². The summed E-state index contributed by atoms with van der Waals surface area (Å²) in [5.41, 5.74) is 4.61. The molecule has 0 saturated heterocycles. The molecule has 2 rings (SSSR count). The van der Waals surface area contributed by atoms with Gasteiger partial charge in [0.15, 0.2) is 0 Å². The van der Waals surface area contributed by atoms with Gasteiger partial charge < -0.3 is 10.1 Å². The molecule has 0 spiro atoms. The second-order valence-corrected chi connectivity index (χ2v) is 5.62. The van der Waals surface area contributed by atoms with Crippen molar-refractivity contribution in [1.82, 2.24) is 5.32 Å². The van der Waals surface area contributed by atoms with Crippen molar-refractivity contribution in [3.8, 4) is 5.75 Å². The lowest BCUT2D eigenvalue weighted by molar-refractivity contribution is -0.120. The van der Waals surface area contributed by atoms with E-state index in [0.717, 1.165) is 16.9 Å². The molecule has 116 valence electrons. The van der Waals surface area contributed by atoms with Crippen LogP contribution in [0.1, 0.15) is 22.3 Å². The molecule has 0 aliphatic carbocycles. The van der Waals surface area contributed by atoms with Gasteiger partial charge in [-0.25, -0.2) is 0 Å². The van der Waals surface area contributed by atoms with Gasteiger partial charge in [-0.15, -0.1) is 0 Å². The Morgan fingerprint density at radius 3 is 2.41 bits per heavy atom. The third-order valence-electron chi connectivity index (χ3n) is 3.57. The molecule has 2 aromatic rings. The van der Waals surface area contributed by atoms with E-state index in [0.29, 0.717) is 19.6 Å². The van der Waals surface area contributed by atoms with Gasteiger partial charge >= 0.3 is 0 Å². The molecule has 22 heavy (non-hydrogen) atoms. The van der Waals surface area contributed by atoms with Crippen LogP contribution in [0.5, 0.6) is 5.75 Å². The van der Waals surface area contributed by atoms with Crippen LogP contribution in [0.25, 0.3) is 0 Å². The zero-order valence-electron chi connectivity index (χ0n) is 13.5. The van der Waals surface area contributed by atoms with E-state index >= 15 is 0 Å². The third-order valence-corrected chi connectivity index (χ3v) is 3.57. The predicted molar refractivity (Wildman–Crippen MR) is 89.3 cm³/mol. The highest BCUT2D eigenvalue weighted by molar-refractivity contribution is 5.78. The molecule has 0 aromatic heterocycles. The summed E-state index contributed by atoms with van der Waals surface area (Å²) in [7, 11) is 0. The molecule has 0 fully saturated rings. The molecule has 0 heterocycles. The molecule has 1 amide bonds. The number of amides is 1. The maximum absolute atomic E-state index is 12.0. The smallest absolute Gasteiger partial charge is 0.224 e. The summed E-state index contributed by atoms with van der Waals surface area (Å²) in [5.74, 6) is 0.857. The second-order valence-electron chi connectivity index (χ2n) is 5.62. The quantitative estimate of drug-likeness (QED) is 0.830. The van der Waals surface area contributed by atoms with Crippen molar-refractivity contribution in [2.75, 3.05) is 13.2 Å². The minimum Gasteiger partial charge on any atom is -0.492 e. The van der Waals surface area contributed by atoms with E-state index in [1.165, 1.54) is 11.1 Å². The molecule has 0 saturated carbocycles. The second kappa shape index (κ2) is 7.64. The van der Waals surface area contributed by atoms with Crippen LogP contribution in [0.2, 0.25) is 0 Å². The highest BCUT2D eigenvalue weighted by Gasteiger charge is 2.06. The van der Waals surface area contributed by atoms with Crippen molar-refractivity contribution >= 4 is 5.91 Å². The summed E-state index contributed by atoms with van der Waals surface area (Å²) in [5, 5.41) is 2.90. The summed E-state index contributed by atoms with van der Waals surface area (Å²) in [6.45, 7) is 7.09. The number of carbonyl (C=O) groups is 1. The number of nitrogens with one attached hydrogen (secondary N) is 1. The lowest BCUT2D eigenvalue weighted by Crippen LogP contribution is -2.29. The first-order chi connectivity index (χ1) is 10.5. The molecule has 3 nitrogen and oxygen atoms in total. The Labute approximate surface area is 132 Å². The Morgan fingerprint density at radius 1 is 1.00 bits per heavy atom. The molecule has 0 aliphatic heterocycles. The van der Waals surface area contributed by atoms with Crippen molar-refractivity contribution in [2.45, 2.75) is 27.2 Å². The molecular formula is C19H23NO2. The number of aryl methyl sites for hydroxylation is 3. The summed E-state index contributed by atoms with van der Waals surface area (Å²) >= 11 is 0. The van der Waals surface area contributed by atoms with Gasteiger partial charge in [-0.05, 0) is 44.0 Å². The van der Waals surface area contributed by atoms with Crippen LogP contribution >= 0.6 is 0 Å². The van der Waals surface area contributed by atoms with E-state index in [1.54, 1.807) is 0 Å². The number of ether oxygens (including phenoxy) is 1. The number of carbonyl (C=O) groups excluding carboxylic acids is 1. The van der Waals surface area contributed by atoms with Crippen LogP contribution in [0.15, 0.2) is 42.5 Å². The first-order valence-corrected chi connectivity index (χ1v) is 7.57. The van der Waals surface area contributed by atoms with Crippen LogP contribution in [-0.2, 0) is 11.2 Å². The fourth-order valence-corrected chi connectivity index (χ4v) is 2.22. The van der Waals surface area contributed by atoms with Crippen molar-refractivity contribution in [1.29, 1.82) is 0 Å². The van der Waals surface area contributed by atoms with E-state index < -0.39 is 0 Å². The molecular weight excluding hydrogens is 274 g/mol. The Kier molecular flexibility index (Phi) is 5.59. The van der Waals surface area contributed by atoms with Crippen molar-refractivity contribution in [3.63, 3.8) is 0 Å². The van der Waals surface area contributed by atoms with E-state index in [4.69, 9.17) is 4.74 Å². The Hall–Kier alpha value is -2.29. The number of hydrogen-bond donors (Lipinski definition) is 1. The lowest BCUT2D eigenvalue weighted by Gasteiger charge is -2.09. The van der Waals surface area contributed by atoms with E-state index in [1.807, 2.05) is 45.0 Å². The zero-order valence-corrected chi connectivity index (χ0v) is 13.5. The summed E-state index contributed by atoms with van der Waals surface area (Å²) in [6, 6.07) is 14.1. The van der Waals surface area contributed by atoms with Crippen LogP contribution in [-0.4, -0.2) is 19.1 Å². The Morgan fingerprint density at radius 2 is 1.68 bits per heavy atom. The lowest BCUT2D eigenvalue weighted by atomic mass is 10.0. The van der Waals surface area contributed by atoms with Gasteiger partial charge in [0.1, 0.15) is 12.4 Å². The molecule has 3 heteroatoms. The normalized spacial score (nSPS) is 10.3. The van der Waals surface area contributed by atoms with E-state index in [-0.39, 0.29) is 5.91 Å². The highest BCUT2D eigenvalue weighted by Crippen LogP contribution is 2.12. The minimum absolute atomic E-state index is 0.0289. The van der Waals surface area contributed by atoms with E-state index in [9.17, 15) is 4.79 Å². The largest absolute Gasteiger partial charge is 0.492 e. The van der Waals surface area contributed by atoms with Crippen molar-refractivity contribution in [3.05, 3.63) is 64.7 Å². The van der Waals surface area contributed by atoms with Crippen LogP contribution in [0.3, 0.4) is 0 Å². The first-order valence-electron chi connectivity index (χ1n) is 7.57. The van der Waals surface area contributed by atoms with Gasteiger partial charge in [-0.3, -0.25) is 4.79 Å². The van der Waals surface area contributed by atoms with Gasteiger partial charge in [0.2, 0.25) is 5.91 Å².